The van der Waals surface area contributed by atoms with E-state index in [0.29, 0.717) is 31.4 Å². The summed E-state index contributed by atoms with van der Waals surface area (Å²) in [6, 6.07) is 10.4. The van der Waals surface area contributed by atoms with Crippen LogP contribution in [0, 0.1) is 0 Å². The van der Waals surface area contributed by atoms with Crippen LogP contribution in [-0.4, -0.2) is 58.3 Å². The van der Waals surface area contributed by atoms with Gasteiger partial charge in [-0.3, -0.25) is 9.36 Å². The summed E-state index contributed by atoms with van der Waals surface area (Å²) in [4.78, 5) is 23.2. The van der Waals surface area contributed by atoms with Crippen molar-refractivity contribution in [3.05, 3.63) is 58.6 Å². The Balaban J connectivity index is 0.00000245. The molecule has 0 atom stereocenters. The van der Waals surface area contributed by atoms with Gasteiger partial charge in [0.25, 0.3) is 5.56 Å². The highest BCUT2D eigenvalue weighted by molar-refractivity contribution is 5.85. The summed E-state index contributed by atoms with van der Waals surface area (Å²) in [5.74, 6) is 1.67. The topological polar surface area (TPSA) is 81.5 Å². The van der Waals surface area contributed by atoms with E-state index in [1.807, 2.05) is 18.2 Å². The van der Waals surface area contributed by atoms with Gasteiger partial charge in [-0.2, -0.15) is 0 Å². The summed E-state index contributed by atoms with van der Waals surface area (Å²) in [5, 5.41) is 3.68. The molecule has 0 unspecified atom stereocenters. The molecule has 1 fully saturated rings. The van der Waals surface area contributed by atoms with Gasteiger partial charge >= 0.3 is 0 Å². The molecule has 0 amide bonds. The molecule has 0 aliphatic carbocycles. The van der Waals surface area contributed by atoms with Crippen LogP contribution in [0.5, 0.6) is 11.5 Å². The summed E-state index contributed by atoms with van der Waals surface area (Å²) in [5.41, 5.74) is 2.53. The third-order valence-corrected chi connectivity index (χ3v) is 6.03. The maximum absolute atomic E-state index is 12.3. The molecular weight excluding hydrogens is 430 g/mol. The molecule has 9 heteroatoms. The number of piperidine rings is 1. The van der Waals surface area contributed by atoms with Crippen LogP contribution < -0.4 is 20.3 Å². The zero-order valence-electron chi connectivity index (χ0n) is 17.9. The molecule has 4 heterocycles. The van der Waals surface area contributed by atoms with Gasteiger partial charge in [0.05, 0.1) is 6.20 Å². The normalized spacial score (nSPS) is 16.6. The van der Waals surface area contributed by atoms with E-state index in [1.54, 1.807) is 10.8 Å². The number of rotatable bonds is 6. The lowest BCUT2D eigenvalue weighted by Crippen LogP contribution is -2.43. The lowest BCUT2D eigenvalue weighted by atomic mass is 10.0. The van der Waals surface area contributed by atoms with Crippen molar-refractivity contribution in [3.8, 4) is 11.5 Å². The highest BCUT2D eigenvalue weighted by Crippen LogP contribution is 2.30. The maximum Gasteiger partial charge on any atom is 0.270 e. The van der Waals surface area contributed by atoms with Crippen molar-refractivity contribution >= 4 is 23.6 Å². The quantitative estimate of drug-likeness (QED) is 0.607. The first-order chi connectivity index (χ1) is 15.3. The smallest absolute Gasteiger partial charge is 0.270 e. The van der Waals surface area contributed by atoms with Gasteiger partial charge in [-0.25, -0.2) is 9.97 Å². The molecule has 8 nitrogen and oxygen atoms in total. The summed E-state index contributed by atoms with van der Waals surface area (Å²) in [7, 11) is 0. The molecule has 1 N–H and O–H groups in total. The molecule has 0 spiro atoms. The first-order valence-electron chi connectivity index (χ1n) is 10.9. The standard InChI is InChI=1S/C23H27N5O3.ClH/c29-22-16-26-19-2-1-7-24-23(19)28(22)11-10-27-8-5-18(6-9-27)25-15-17-3-4-20-21(14-17)31-13-12-30-20;/h1-4,7,14,16,18,25H,5-6,8-13,15H2;1H. The fourth-order valence-corrected chi connectivity index (χ4v) is 4.27. The molecule has 1 aromatic carbocycles. The van der Waals surface area contributed by atoms with Crippen LogP contribution in [0.4, 0.5) is 0 Å². The average Bonchev–Trinajstić information content (AvgIpc) is 2.82. The second kappa shape index (κ2) is 10.3. The Morgan fingerprint density at radius 1 is 1.03 bits per heavy atom. The molecule has 0 saturated carbocycles. The molecule has 2 aliphatic heterocycles. The number of aromatic nitrogens is 3. The van der Waals surface area contributed by atoms with Gasteiger partial charge in [0, 0.05) is 31.9 Å². The van der Waals surface area contributed by atoms with Crippen LogP contribution in [0.15, 0.2) is 47.5 Å². The number of pyridine rings is 1. The predicted molar refractivity (Wildman–Crippen MR) is 125 cm³/mol. The van der Waals surface area contributed by atoms with Gasteiger partial charge in [0.2, 0.25) is 0 Å². The molecular formula is C23H28ClN5O3. The number of halogens is 1. The largest absolute Gasteiger partial charge is 0.486 e. The van der Waals surface area contributed by atoms with Crippen molar-refractivity contribution in [1.29, 1.82) is 0 Å². The number of hydrogen-bond acceptors (Lipinski definition) is 7. The third-order valence-electron chi connectivity index (χ3n) is 6.03. The van der Waals surface area contributed by atoms with Gasteiger partial charge in [-0.05, 0) is 55.8 Å². The van der Waals surface area contributed by atoms with E-state index >= 15 is 0 Å². The number of fused-ring (bicyclic) bond motifs is 2. The molecule has 170 valence electrons. The summed E-state index contributed by atoms with van der Waals surface area (Å²) in [6.45, 7) is 5.56. The Hall–Kier alpha value is -2.68. The minimum absolute atomic E-state index is 0. The Labute approximate surface area is 193 Å². The molecule has 2 aliphatic rings. The van der Waals surface area contributed by atoms with Crippen LogP contribution in [-0.2, 0) is 13.1 Å². The second-order valence-electron chi connectivity index (χ2n) is 8.07. The Kier molecular flexibility index (Phi) is 7.24. The highest BCUT2D eigenvalue weighted by Gasteiger charge is 2.19. The number of nitrogens with one attached hydrogen (secondary N) is 1. The monoisotopic (exact) mass is 457 g/mol. The van der Waals surface area contributed by atoms with Crippen LogP contribution in [0.25, 0.3) is 11.2 Å². The predicted octanol–water partition coefficient (Wildman–Crippen LogP) is 2.24. The lowest BCUT2D eigenvalue weighted by Gasteiger charge is -2.32. The van der Waals surface area contributed by atoms with E-state index in [9.17, 15) is 4.79 Å². The molecule has 2 aromatic heterocycles. The minimum atomic E-state index is -0.0952. The van der Waals surface area contributed by atoms with Crippen molar-refractivity contribution in [2.24, 2.45) is 0 Å². The zero-order chi connectivity index (χ0) is 21.0. The molecule has 0 bridgehead atoms. The first-order valence-corrected chi connectivity index (χ1v) is 10.9. The Morgan fingerprint density at radius 3 is 2.69 bits per heavy atom. The number of benzene rings is 1. The lowest BCUT2D eigenvalue weighted by molar-refractivity contribution is 0.171. The van der Waals surface area contributed by atoms with Gasteiger partial charge in [0.1, 0.15) is 18.7 Å². The number of likely N-dealkylation sites (tertiary alicyclic amines) is 1. The molecule has 0 radical (unpaired) electrons. The van der Waals surface area contributed by atoms with Crippen molar-refractivity contribution < 1.29 is 9.47 Å². The van der Waals surface area contributed by atoms with Crippen LogP contribution in [0.1, 0.15) is 18.4 Å². The summed E-state index contributed by atoms with van der Waals surface area (Å²) in [6.07, 6.45) is 5.28. The fraction of sp³-hybridized carbons (Fsp3) is 0.435. The van der Waals surface area contributed by atoms with Gasteiger partial charge < -0.3 is 19.7 Å². The van der Waals surface area contributed by atoms with Crippen LogP contribution >= 0.6 is 12.4 Å². The van der Waals surface area contributed by atoms with E-state index < -0.39 is 0 Å². The summed E-state index contributed by atoms with van der Waals surface area (Å²) >= 11 is 0. The summed E-state index contributed by atoms with van der Waals surface area (Å²) < 4.78 is 13.0. The number of nitrogens with zero attached hydrogens (tertiary/aromatic N) is 4. The molecule has 3 aromatic rings. The minimum Gasteiger partial charge on any atom is -0.486 e. The SMILES string of the molecule is Cl.O=c1cnc2cccnc2n1CCN1CCC(NCc2ccc3c(c2)OCCO3)CC1. The van der Waals surface area contributed by atoms with Gasteiger partial charge in [-0.15, -0.1) is 12.4 Å². The Morgan fingerprint density at radius 2 is 1.84 bits per heavy atom. The van der Waals surface area contributed by atoms with Crippen molar-refractivity contribution in [3.63, 3.8) is 0 Å². The molecule has 5 rings (SSSR count). The zero-order valence-corrected chi connectivity index (χ0v) is 18.7. The van der Waals surface area contributed by atoms with Crippen molar-refractivity contribution in [2.45, 2.75) is 32.0 Å². The molecule has 1 saturated heterocycles. The third kappa shape index (κ3) is 5.03. The van der Waals surface area contributed by atoms with Crippen molar-refractivity contribution in [2.75, 3.05) is 32.8 Å². The fourth-order valence-electron chi connectivity index (χ4n) is 4.27. The number of ether oxygens (including phenoxy) is 2. The van der Waals surface area contributed by atoms with E-state index in [-0.39, 0.29) is 18.0 Å². The van der Waals surface area contributed by atoms with Crippen molar-refractivity contribution in [1.82, 2.24) is 24.8 Å². The van der Waals surface area contributed by atoms with Gasteiger partial charge in [-0.1, -0.05) is 6.07 Å². The second-order valence-corrected chi connectivity index (χ2v) is 8.07. The highest BCUT2D eigenvalue weighted by atomic mass is 35.5. The van der Waals surface area contributed by atoms with Crippen LogP contribution in [0.3, 0.4) is 0 Å². The van der Waals surface area contributed by atoms with E-state index in [0.717, 1.165) is 56.0 Å². The number of hydrogen-bond donors (Lipinski definition) is 1. The van der Waals surface area contributed by atoms with E-state index in [4.69, 9.17) is 9.47 Å². The van der Waals surface area contributed by atoms with E-state index in [2.05, 4.69) is 32.3 Å². The first kappa shape index (κ1) is 22.5. The van der Waals surface area contributed by atoms with E-state index in [1.165, 1.54) is 11.8 Å². The van der Waals surface area contributed by atoms with Gasteiger partial charge in [0.15, 0.2) is 17.1 Å². The Bertz CT molecular complexity index is 1110. The maximum atomic E-state index is 12.3. The molecule has 32 heavy (non-hydrogen) atoms. The average molecular weight is 458 g/mol. The van der Waals surface area contributed by atoms with Crippen LogP contribution in [0.2, 0.25) is 0 Å².